The Kier molecular flexibility index (Phi) is 6.84. The molecule has 4 rings (SSSR count). The lowest BCUT2D eigenvalue weighted by molar-refractivity contribution is -0.140. The Hall–Kier alpha value is -3.51. The van der Waals surface area contributed by atoms with E-state index < -0.39 is 17.7 Å². The second-order valence-electron chi connectivity index (χ2n) is 7.79. The molecule has 1 aromatic heterocycles. The third kappa shape index (κ3) is 4.81. The van der Waals surface area contributed by atoms with Gasteiger partial charge in [-0.3, -0.25) is 9.59 Å². The standard InChI is InChI=1S/C26H24ClNO5/c1-2-3-13-32-20-7-4-6-18(15-20)23-22(24(29)17-9-11-19(27)12-10-17)25(30)26(31)28(23)16-21-8-5-14-33-21/h4-12,14-15,23,29H,2-3,13,16H2,1H3/b24-22+. The van der Waals surface area contributed by atoms with Gasteiger partial charge in [-0.15, -0.1) is 0 Å². The summed E-state index contributed by atoms with van der Waals surface area (Å²) in [6.45, 7) is 2.73. The minimum absolute atomic E-state index is 0.0135. The number of carbonyl (C=O) groups is 2. The Morgan fingerprint density at radius 2 is 1.91 bits per heavy atom. The number of Topliss-reactive ketones (excluding diaryl/α,β-unsaturated/α-hetero) is 1. The van der Waals surface area contributed by atoms with Gasteiger partial charge in [-0.2, -0.15) is 0 Å². The summed E-state index contributed by atoms with van der Waals surface area (Å²) in [4.78, 5) is 27.6. The predicted octanol–water partition coefficient (Wildman–Crippen LogP) is 5.73. The molecule has 0 spiro atoms. The molecular formula is C26H24ClNO5. The van der Waals surface area contributed by atoms with Gasteiger partial charge < -0.3 is 19.2 Å². The summed E-state index contributed by atoms with van der Waals surface area (Å²) in [6, 6.07) is 16.4. The Bertz CT molecular complexity index is 1170. The zero-order valence-corrected chi connectivity index (χ0v) is 18.9. The number of rotatable bonds is 8. The van der Waals surface area contributed by atoms with E-state index in [0.717, 1.165) is 12.8 Å². The van der Waals surface area contributed by atoms with Crippen molar-refractivity contribution in [3.8, 4) is 5.75 Å². The van der Waals surface area contributed by atoms with E-state index >= 15 is 0 Å². The summed E-state index contributed by atoms with van der Waals surface area (Å²) in [6.07, 6.45) is 3.43. The topological polar surface area (TPSA) is 80.0 Å². The number of likely N-dealkylation sites (tertiary alicyclic amines) is 1. The maximum absolute atomic E-state index is 13.1. The minimum atomic E-state index is -0.805. The molecule has 1 N–H and O–H groups in total. The van der Waals surface area contributed by atoms with Crippen LogP contribution in [0.25, 0.3) is 5.76 Å². The first-order chi connectivity index (χ1) is 16.0. The largest absolute Gasteiger partial charge is 0.507 e. The fraction of sp³-hybridized carbons (Fsp3) is 0.231. The molecule has 2 aromatic carbocycles. The molecule has 6 nitrogen and oxygen atoms in total. The summed E-state index contributed by atoms with van der Waals surface area (Å²) < 4.78 is 11.3. The van der Waals surface area contributed by atoms with Crippen molar-refractivity contribution in [1.82, 2.24) is 4.90 Å². The third-order valence-electron chi connectivity index (χ3n) is 5.50. The third-order valence-corrected chi connectivity index (χ3v) is 5.76. The molecule has 0 aliphatic carbocycles. The highest BCUT2D eigenvalue weighted by molar-refractivity contribution is 6.46. The van der Waals surface area contributed by atoms with Gasteiger partial charge >= 0.3 is 0 Å². The van der Waals surface area contributed by atoms with Crippen molar-refractivity contribution >= 4 is 29.1 Å². The minimum Gasteiger partial charge on any atom is -0.507 e. The van der Waals surface area contributed by atoms with E-state index in [0.29, 0.717) is 34.3 Å². The van der Waals surface area contributed by atoms with Crippen LogP contribution in [0.3, 0.4) is 0 Å². The molecule has 0 bridgehead atoms. The number of halogens is 1. The number of unbranched alkanes of at least 4 members (excludes halogenated alkanes) is 1. The molecule has 2 heterocycles. The van der Waals surface area contributed by atoms with E-state index in [4.69, 9.17) is 20.8 Å². The number of furan rings is 1. The van der Waals surface area contributed by atoms with E-state index in [1.807, 2.05) is 18.2 Å². The van der Waals surface area contributed by atoms with Crippen LogP contribution in [0.1, 0.15) is 42.7 Å². The van der Waals surface area contributed by atoms with Crippen molar-refractivity contribution < 1.29 is 23.8 Å². The van der Waals surface area contributed by atoms with Crippen LogP contribution < -0.4 is 4.74 Å². The van der Waals surface area contributed by atoms with Crippen LogP contribution in [0.5, 0.6) is 5.75 Å². The van der Waals surface area contributed by atoms with Crippen molar-refractivity contribution in [3.05, 3.63) is 94.4 Å². The van der Waals surface area contributed by atoms with Crippen LogP contribution in [0, 0.1) is 0 Å². The number of carbonyl (C=O) groups excluding carboxylic acids is 2. The number of aliphatic hydroxyl groups is 1. The van der Waals surface area contributed by atoms with E-state index in [1.54, 1.807) is 42.5 Å². The Morgan fingerprint density at radius 3 is 2.61 bits per heavy atom. The number of nitrogens with zero attached hydrogens (tertiary/aromatic N) is 1. The van der Waals surface area contributed by atoms with Crippen LogP contribution in [0.2, 0.25) is 5.02 Å². The monoisotopic (exact) mass is 465 g/mol. The van der Waals surface area contributed by atoms with Crippen molar-refractivity contribution in [3.63, 3.8) is 0 Å². The number of benzene rings is 2. The van der Waals surface area contributed by atoms with Crippen LogP contribution in [0.15, 0.2) is 76.9 Å². The molecule has 3 aromatic rings. The van der Waals surface area contributed by atoms with E-state index in [2.05, 4.69) is 6.92 Å². The van der Waals surface area contributed by atoms with Gasteiger partial charge in [0.15, 0.2) is 0 Å². The predicted molar refractivity (Wildman–Crippen MR) is 125 cm³/mol. The maximum Gasteiger partial charge on any atom is 0.296 e. The maximum atomic E-state index is 13.1. The molecular weight excluding hydrogens is 442 g/mol. The van der Waals surface area contributed by atoms with Crippen molar-refractivity contribution in [2.45, 2.75) is 32.4 Å². The Labute approximate surface area is 197 Å². The summed E-state index contributed by atoms with van der Waals surface area (Å²) >= 11 is 5.97. The number of ether oxygens (including phenoxy) is 1. The van der Waals surface area contributed by atoms with Crippen LogP contribution in [-0.2, 0) is 16.1 Å². The smallest absolute Gasteiger partial charge is 0.296 e. The Morgan fingerprint density at radius 1 is 1.12 bits per heavy atom. The molecule has 7 heteroatoms. The van der Waals surface area contributed by atoms with E-state index in [1.165, 1.54) is 11.2 Å². The molecule has 1 fully saturated rings. The molecule has 1 unspecified atom stereocenters. The highest BCUT2D eigenvalue weighted by atomic mass is 35.5. The van der Waals surface area contributed by atoms with Gasteiger partial charge in [0.1, 0.15) is 17.3 Å². The van der Waals surface area contributed by atoms with Gasteiger partial charge in [0, 0.05) is 10.6 Å². The van der Waals surface area contributed by atoms with Gasteiger partial charge in [0.25, 0.3) is 11.7 Å². The van der Waals surface area contributed by atoms with Gasteiger partial charge in [0.2, 0.25) is 0 Å². The number of amides is 1. The zero-order chi connectivity index (χ0) is 23.4. The van der Waals surface area contributed by atoms with E-state index in [-0.39, 0.29) is 17.9 Å². The molecule has 1 saturated heterocycles. The van der Waals surface area contributed by atoms with Crippen molar-refractivity contribution in [2.24, 2.45) is 0 Å². The number of hydrogen-bond acceptors (Lipinski definition) is 5. The number of aliphatic hydroxyl groups excluding tert-OH is 1. The van der Waals surface area contributed by atoms with E-state index in [9.17, 15) is 14.7 Å². The molecule has 1 atom stereocenters. The van der Waals surface area contributed by atoms with Crippen LogP contribution in [0.4, 0.5) is 0 Å². The van der Waals surface area contributed by atoms with Gasteiger partial charge in [0.05, 0.1) is 31.0 Å². The molecule has 0 radical (unpaired) electrons. The van der Waals surface area contributed by atoms with Crippen molar-refractivity contribution in [1.29, 1.82) is 0 Å². The average molecular weight is 466 g/mol. The quantitative estimate of drug-likeness (QED) is 0.199. The highest BCUT2D eigenvalue weighted by Gasteiger charge is 2.46. The first kappa shape index (κ1) is 22.7. The molecule has 1 aliphatic rings. The molecule has 0 saturated carbocycles. The first-order valence-corrected chi connectivity index (χ1v) is 11.2. The van der Waals surface area contributed by atoms with Crippen LogP contribution >= 0.6 is 11.6 Å². The lowest BCUT2D eigenvalue weighted by Gasteiger charge is -2.25. The second-order valence-corrected chi connectivity index (χ2v) is 8.22. The highest BCUT2D eigenvalue weighted by Crippen LogP contribution is 2.41. The zero-order valence-electron chi connectivity index (χ0n) is 18.2. The van der Waals surface area contributed by atoms with Gasteiger partial charge in [-0.05, 0) is 60.5 Å². The van der Waals surface area contributed by atoms with Gasteiger partial charge in [-0.25, -0.2) is 0 Å². The fourth-order valence-electron chi connectivity index (χ4n) is 3.83. The second kappa shape index (κ2) is 9.96. The fourth-order valence-corrected chi connectivity index (χ4v) is 3.96. The summed E-state index contributed by atoms with van der Waals surface area (Å²) in [5, 5.41) is 11.6. The first-order valence-electron chi connectivity index (χ1n) is 10.8. The SMILES string of the molecule is CCCCOc1cccc(C2/C(=C(\O)c3ccc(Cl)cc3)C(=O)C(=O)N2Cc2ccco2)c1. The summed E-state index contributed by atoms with van der Waals surface area (Å²) in [7, 11) is 0. The molecule has 33 heavy (non-hydrogen) atoms. The number of ketones is 1. The lowest BCUT2D eigenvalue weighted by Crippen LogP contribution is -2.29. The average Bonchev–Trinajstić information content (AvgIpc) is 3.42. The molecule has 1 amide bonds. The Balaban J connectivity index is 1.80. The van der Waals surface area contributed by atoms with Crippen LogP contribution in [-0.4, -0.2) is 28.3 Å². The lowest BCUT2D eigenvalue weighted by atomic mass is 9.95. The molecule has 170 valence electrons. The number of hydrogen-bond donors (Lipinski definition) is 1. The summed E-state index contributed by atoms with van der Waals surface area (Å²) in [5.74, 6) is -0.547. The molecule has 1 aliphatic heterocycles. The normalized spacial score (nSPS) is 17.5. The van der Waals surface area contributed by atoms with Crippen molar-refractivity contribution in [2.75, 3.05) is 6.61 Å². The van der Waals surface area contributed by atoms with Gasteiger partial charge in [-0.1, -0.05) is 37.1 Å². The summed E-state index contributed by atoms with van der Waals surface area (Å²) in [5.41, 5.74) is 1.07.